The van der Waals surface area contributed by atoms with Crippen LogP contribution in [0.1, 0.15) is 102 Å². The van der Waals surface area contributed by atoms with E-state index in [0.717, 1.165) is 81.2 Å². The molecule has 10 rings (SSSR count). The molecular weight excluding hydrogens is 1090 g/mol. The third-order valence-corrected chi connectivity index (χ3v) is 16.1. The van der Waals surface area contributed by atoms with Crippen LogP contribution in [0.15, 0.2) is 67.6 Å². The van der Waals surface area contributed by atoms with Gasteiger partial charge >= 0.3 is 24.4 Å². The van der Waals surface area contributed by atoms with Crippen LogP contribution in [0.25, 0.3) is 32.4 Å². The monoisotopic (exact) mass is 1140 g/mol. The highest BCUT2D eigenvalue weighted by molar-refractivity contribution is 7.98. The molecule has 2 unspecified atom stereocenters. The predicted octanol–water partition coefficient (Wildman–Crippen LogP) is 13.0. The fourth-order valence-electron chi connectivity index (χ4n) is 8.45. The lowest BCUT2D eigenvalue weighted by Crippen LogP contribution is -2.38. The lowest BCUT2D eigenvalue weighted by molar-refractivity contribution is -0.138. The van der Waals surface area contributed by atoms with E-state index in [1.54, 1.807) is 24.6 Å². The van der Waals surface area contributed by atoms with Crippen LogP contribution in [0.3, 0.4) is 0 Å². The van der Waals surface area contributed by atoms with E-state index in [0.29, 0.717) is 60.5 Å². The third kappa shape index (κ3) is 13.5. The number of nitrogens with zero attached hydrogens (tertiary/aromatic N) is 12. The van der Waals surface area contributed by atoms with Crippen molar-refractivity contribution in [2.45, 2.75) is 113 Å². The van der Waals surface area contributed by atoms with E-state index in [4.69, 9.17) is 25.4 Å². The van der Waals surface area contributed by atoms with Crippen molar-refractivity contribution < 1.29 is 45.2 Å². The van der Waals surface area contributed by atoms with Crippen LogP contribution in [0.2, 0.25) is 4.47 Å². The lowest BCUT2D eigenvalue weighted by atomic mass is 9.92. The third-order valence-electron chi connectivity index (χ3n) is 12.8. The quantitative estimate of drug-likeness (QED) is 0.0903. The summed E-state index contributed by atoms with van der Waals surface area (Å²) in [6, 6.07) is 9.68. The fraction of sp³-hybridized carbons (Fsp3) is 0.500. The fourth-order valence-corrected chi connectivity index (χ4v) is 11.0. The molecule has 8 aromatic rings. The number of hydrogen-bond donors (Lipinski definition) is 1. The maximum atomic E-state index is 13.7. The van der Waals surface area contributed by atoms with Crippen LogP contribution in [-0.4, -0.2) is 105 Å². The number of piperidine rings is 2. The summed E-state index contributed by atoms with van der Waals surface area (Å²) in [5.41, 5.74) is -0.882. The molecule has 2 atom stereocenters. The van der Waals surface area contributed by atoms with Crippen LogP contribution in [0.5, 0.6) is 5.19 Å². The number of ether oxygens (including phenoxy) is 1. The lowest BCUT2D eigenvalue weighted by Gasteiger charge is -2.33. The summed E-state index contributed by atoms with van der Waals surface area (Å²) in [7, 11) is 0. The molecule has 2 aliphatic heterocycles. The number of alkyl halides is 6. The topological polar surface area (TPSA) is 174 Å². The van der Waals surface area contributed by atoms with Gasteiger partial charge in [-0.3, -0.25) is 0 Å². The summed E-state index contributed by atoms with van der Waals surface area (Å²) >= 11 is 10.6. The smallest absolute Gasteiger partial charge is 0.417 e. The molecule has 0 spiro atoms. The summed E-state index contributed by atoms with van der Waals surface area (Å²) in [6.07, 6.45) is 0.985. The van der Waals surface area contributed by atoms with Crippen LogP contribution >= 0.6 is 57.8 Å². The molecule has 0 saturated carbocycles. The zero-order valence-electron chi connectivity index (χ0n) is 42.1. The summed E-state index contributed by atoms with van der Waals surface area (Å²) in [4.78, 5) is 23.7. The van der Waals surface area contributed by atoms with Crippen molar-refractivity contribution in [3.63, 3.8) is 0 Å². The second-order valence-corrected chi connectivity index (χ2v) is 22.9. The van der Waals surface area contributed by atoms with Gasteiger partial charge in [0.25, 0.3) is 5.19 Å². The minimum Gasteiger partial charge on any atom is -0.466 e. The number of hydrogen-bond acceptors (Lipinski definition) is 18. The number of benzene rings is 2. The van der Waals surface area contributed by atoms with Crippen LogP contribution in [-0.2, 0) is 12.4 Å². The molecule has 75 heavy (non-hydrogen) atoms. The van der Waals surface area contributed by atoms with Crippen LogP contribution in [0, 0.1) is 11.8 Å². The van der Waals surface area contributed by atoms with Crippen molar-refractivity contribution in [3.8, 4) is 27.7 Å². The van der Waals surface area contributed by atoms with Crippen molar-refractivity contribution in [1.29, 1.82) is 0 Å². The minimum absolute atomic E-state index is 0.0346. The van der Waals surface area contributed by atoms with Crippen molar-refractivity contribution in [2.24, 2.45) is 11.8 Å². The Bertz CT molecular complexity index is 3090. The van der Waals surface area contributed by atoms with Gasteiger partial charge in [0.15, 0.2) is 11.6 Å². The van der Waals surface area contributed by atoms with Gasteiger partial charge in [0.2, 0.25) is 14.4 Å². The average Bonchev–Trinajstić information content (AvgIpc) is 4.25. The SMILES string of the molecule is CC(C)c1noc(N2CCC(C(C)O)CC2)n1.CSc1ccc(-c2cn3nc(Cl)sc3n2)c(C(F)(F)F)c1.CSc1ccc(-c2cn3nc(OC(C)C4CCN(c5nc(C(C)C)no5)CC4)sc3n2)c(C(F)(F)F)c1. The average molecular weight is 1140 g/mol. The molecule has 0 bridgehead atoms. The minimum atomic E-state index is -4.48. The van der Waals surface area contributed by atoms with Crippen molar-refractivity contribution in [2.75, 3.05) is 48.5 Å². The van der Waals surface area contributed by atoms with Gasteiger partial charge in [0.05, 0.1) is 41.0 Å². The van der Waals surface area contributed by atoms with Crippen molar-refractivity contribution in [3.05, 3.63) is 76.0 Å². The molecule has 16 nitrogen and oxygen atoms in total. The number of anilines is 2. The van der Waals surface area contributed by atoms with E-state index in [-0.39, 0.29) is 45.1 Å². The number of aliphatic hydroxyl groups excluding tert-OH is 1. The second-order valence-electron chi connectivity index (χ2n) is 18.6. The molecule has 2 fully saturated rings. The Labute approximate surface area is 449 Å². The first-order chi connectivity index (χ1) is 35.6. The van der Waals surface area contributed by atoms with Crippen molar-refractivity contribution >= 4 is 79.7 Å². The van der Waals surface area contributed by atoms with E-state index < -0.39 is 23.5 Å². The zero-order valence-corrected chi connectivity index (χ0v) is 46.1. The van der Waals surface area contributed by atoms with Crippen LogP contribution < -0.4 is 14.5 Å². The van der Waals surface area contributed by atoms with Gasteiger partial charge in [-0.05, 0) is 111 Å². The van der Waals surface area contributed by atoms with E-state index in [1.165, 1.54) is 68.4 Å². The van der Waals surface area contributed by atoms with E-state index >= 15 is 0 Å². The molecule has 0 radical (unpaired) electrons. The van der Waals surface area contributed by atoms with E-state index in [9.17, 15) is 31.4 Å². The van der Waals surface area contributed by atoms with Gasteiger partial charge in [-0.1, -0.05) is 61.5 Å². The maximum absolute atomic E-state index is 13.7. The van der Waals surface area contributed by atoms with Gasteiger partial charge in [0, 0.05) is 58.9 Å². The maximum Gasteiger partial charge on any atom is 0.417 e. The van der Waals surface area contributed by atoms with Gasteiger partial charge in [0.1, 0.15) is 6.10 Å². The summed E-state index contributed by atoms with van der Waals surface area (Å²) < 4.78 is 101. The molecule has 0 aliphatic carbocycles. The molecule has 404 valence electrons. The van der Waals surface area contributed by atoms with E-state index in [1.807, 2.05) is 41.5 Å². The standard InChI is InChI=1S/C24H27F3N6O2S2.C12H7ClF3N3S2.C12H21N3O2/c1-13(2)20-29-21(35-31-20)32-9-7-15(8-10-32)14(3)34-23-30-33-12-19(28-22(33)37-23)17-6-5-16(36-4)11-18(17)24(25,26)27;1-20-6-2-3-7(8(4-6)12(14,15)16)9-5-19-11(17-9)21-10(13)18-19;1-8(2)11-13-12(17-14-11)15-6-4-10(5-7-15)9(3)16/h5-6,11-15H,7-10H2,1-4H3;2-5H,1H3;8-10,16H,4-7H2,1-3H3. The second kappa shape index (κ2) is 23.6. The zero-order chi connectivity index (χ0) is 53.9. The van der Waals surface area contributed by atoms with Gasteiger partial charge in [-0.15, -0.1) is 33.7 Å². The highest BCUT2D eigenvalue weighted by Gasteiger charge is 2.36. The Kier molecular flexibility index (Phi) is 17.7. The highest BCUT2D eigenvalue weighted by atomic mass is 35.5. The number of imidazole rings is 2. The van der Waals surface area contributed by atoms with Gasteiger partial charge < -0.3 is 28.7 Å². The Morgan fingerprint density at radius 1 is 0.653 bits per heavy atom. The molecule has 2 saturated heterocycles. The van der Waals surface area contributed by atoms with Crippen molar-refractivity contribution in [1.82, 2.24) is 49.5 Å². The summed E-state index contributed by atoms with van der Waals surface area (Å²) in [6.45, 7) is 15.4. The Hall–Kier alpha value is -5.15. The number of aliphatic hydroxyl groups is 1. The van der Waals surface area contributed by atoms with E-state index in [2.05, 4.69) is 50.2 Å². The van der Waals surface area contributed by atoms with Gasteiger partial charge in [-0.2, -0.15) is 36.3 Å². The number of aromatic nitrogens is 10. The highest BCUT2D eigenvalue weighted by Crippen LogP contribution is 2.41. The molecule has 27 heteroatoms. The molecule has 2 aromatic carbocycles. The molecule has 6 aromatic heterocycles. The number of rotatable bonds is 12. The number of fused-ring (bicyclic) bond motifs is 2. The normalized spacial score (nSPS) is 15.9. The number of halogens is 7. The first-order valence-corrected chi connectivity index (χ1v) is 28.4. The Morgan fingerprint density at radius 3 is 1.48 bits per heavy atom. The molecule has 2 aliphatic rings. The Balaban J connectivity index is 0.000000165. The number of thioether (sulfide) groups is 2. The Morgan fingerprint density at radius 2 is 1.09 bits per heavy atom. The largest absolute Gasteiger partial charge is 0.466 e. The molecule has 1 N–H and O–H groups in total. The van der Waals surface area contributed by atoms with Gasteiger partial charge in [-0.25, -0.2) is 19.0 Å². The predicted molar refractivity (Wildman–Crippen MR) is 280 cm³/mol. The molecule has 0 amide bonds. The first-order valence-electron chi connectivity index (χ1n) is 24.0. The van der Waals surface area contributed by atoms with Crippen LogP contribution in [0.4, 0.5) is 38.4 Å². The molecular formula is C48H55ClF6N12O4S4. The first kappa shape index (κ1) is 56.1. The summed E-state index contributed by atoms with van der Waals surface area (Å²) in [5, 5.41) is 26.4. The molecule has 8 heterocycles. The summed E-state index contributed by atoms with van der Waals surface area (Å²) in [5.74, 6) is 2.70.